The van der Waals surface area contributed by atoms with Gasteiger partial charge in [-0.1, -0.05) is 12.1 Å². The zero-order valence-electron chi connectivity index (χ0n) is 9.10. The lowest BCUT2D eigenvalue weighted by atomic mass is 10.1. The van der Waals surface area contributed by atoms with E-state index in [0.29, 0.717) is 4.90 Å². The quantitative estimate of drug-likeness (QED) is 0.845. The van der Waals surface area contributed by atoms with Crippen LogP contribution in [0.25, 0.3) is 0 Å². The van der Waals surface area contributed by atoms with Crippen LogP contribution in [0.3, 0.4) is 0 Å². The number of aryl methyl sites for hydroxylation is 1. The highest BCUT2D eigenvalue weighted by molar-refractivity contribution is 7.90. The van der Waals surface area contributed by atoms with Gasteiger partial charge in [-0.05, 0) is 37.5 Å². The normalized spacial score (nSPS) is 13.8. The highest BCUT2D eigenvalue weighted by Gasteiger charge is 2.06. The lowest BCUT2D eigenvalue weighted by Gasteiger charge is -2.05. The van der Waals surface area contributed by atoms with Crippen LogP contribution >= 0.6 is 0 Å². The van der Waals surface area contributed by atoms with Crippen molar-refractivity contribution in [3.8, 4) is 0 Å². The molecule has 1 rings (SSSR count). The summed E-state index contributed by atoms with van der Waals surface area (Å²) in [7, 11) is -3.08. The Morgan fingerprint density at radius 3 is 2.20 bits per heavy atom. The molecule has 0 aliphatic heterocycles. The molecule has 0 saturated carbocycles. The zero-order valence-corrected chi connectivity index (χ0v) is 9.92. The fourth-order valence-electron chi connectivity index (χ4n) is 1.30. The van der Waals surface area contributed by atoms with E-state index in [1.54, 1.807) is 12.1 Å². The maximum Gasteiger partial charge on any atom is 0.175 e. The molecule has 15 heavy (non-hydrogen) atoms. The van der Waals surface area contributed by atoms with Crippen molar-refractivity contribution in [1.29, 1.82) is 0 Å². The van der Waals surface area contributed by atoms with Gasteiger partial charge in [0.25, 0.3) is 0 Å². The standard InChI is InChI=1S/C11H17NO2S/c1-9(12)3-4-10-5-7-11(8-6-10)15(2,13)14/h5-9H,3-4,12H2,1-2H3/t9-/m1/s1. The largest absolute Gasteiger partial charge is 0.328 e. The molecule has 0 aliphatic carbocycles. The third-order valence-corrected chi connectivity index (χ3v) is 3.37. The fourth-order valence-corrected chi connectivity index (χ4v) is 1.93. The Kier molecular flexibility index (Phi) is 3.88. The molecular formula is C11H17NO2S. The molecule has 0 bridgehead atoms. The highest BCUT2D eigenvalue weighted by atomic mass is 32.2. The van der Waals surface area contributed by atoms with Crippen LogP contribution in [0.5, 0.6) is 0 Å². The summed E-state index contributed by atoms with van der Waals surface area (Å²) in [6.45, 7) is 1.96. The lowest BCUT2D eigenvalue weighted by Crippen LogP contribution is -2.15. The van der Waals surface area contributed by atoms with Crippen molar-refractivity contribution in [2.45, 2.75) is 30.7 Å². The van der Waals surface area contributed by atoms with Crippen LogP contribution in [0, 0.1) is 0 Å². The van der Waals surface area contributed by atoms with Gasteiger partial charge in [-0.2, -0.15) is 0 Å². The Morgan fingerprint density at radius 1 is 1.27 bits per heavy atom. The maximum absolute atomic E-state index is 11.2. The fraction of sp³-hybridized carbons (Fsp3) is 0.455. The Balaban J connectivity index is 2.73. The predicted molar refractivity (Wildman–Crippen MR) is 61.5 cm³/mol. The van der Waals surface area contributed by atoms with Crippen molar-refractivity contribution in [3.05, 3.63) is 29.8 Å². The van der Waals surface area contributed by atoms with Crippen LogP contribution in [0.1, 0.15) is 18.9 Å². The Morgan fingerprint density at radius 2 is 1.80 bits per heavy atom. The number of sulfone groups is 1. The first kappa shape index (κ1) is 12.2. The molecule has 0 amide bonds. The number of hydrogen-bond acceptors (Lipinski definition) is 3. The topological polar surface area (TPSA) is 60.2 Å². The van der Waals surface area contributed by atoms with E-state index in [-0.39, 0.29) is 6.04 Å². The van der Waals surface area contributed by atoms with Gasteiger partial charge in [0.1, 0.15) is 0 Å². The average molecular weight is 227 g/mol. The predicted octanol–water partition coefficient (Wildman–Crippen LogP) is 1.37. The van der Waals surface area contributed by atoms with E-state index in [0.717, 1.165) is 18.4 Å². The summed E-state index contributed by atoms with van der Waals surface area (Å²) in [5.74, 6) is 0. The first-order chi connectivity index (χ1) is 6.89. The lowest BCUT2D eigenvalue weighted by molar-refractivity contribution is 0.601. The highest BCUT2D eigenvalue weighted by Crippen LogP contribution is 2.11. The van der Waals surface area contributed by atoms with Crippen LogP contribution in [-0.4, -0.2) is 20.7 Å². The van der Waals surface area contributed by atoms with Crippen LogP contribution < -0.4 is 5.73 Å². The molecule has 0 radical (unpaired) electrons. The molecular weight excluding hydrogens is 210 g/mol. The van der Waals surface area contributed by atoms with Crippen molar-refractivity contribution >= 4 is 9.84 Å². The van der Waals surface area contributed by atoms with Crippen molar-refractivity contribution in [2.24, 2.45) is 5.73 Å². The maximum atomic E-state index is 11.2. The first-order valence-corrected chi connectivity index (χ1v) is 6.83. The van der Waals surface area contributed by atoms with Gasteiger partial charge in [-0.15, -0.1) is 0 Å². The number of hydrogen-bond donors (Lipinski definition) is 1. The minimum atomic E-state index is -3.08. The summed E-state index contributed by atoms with van der Waals surface area (Å²) >= 11 is 0. The van der Waals surface area contributed by atoms with Gasteiger partial charge >= 0.3 is 0 Å². The van der Waals surface area contributed by atoms with E-state index in [1.807, 2.05) is 19.1 Å². The van der Waals surface area contributed by atoms with Crippen molar-refractivity contribution in [3.63, 3.8) is 0 Å². The molecule has 2 N–H and O–H groups in total. The molecule has 0 heterocycles. The molecule has 0 aromatic heterocycles. The van der Waals surface area contributed by atoms with Crippen LogP contribution in [-0.2, 0) is 16.3 Å². The molecule has 0 fully saturated rings. The molecule has 0 spiro atoms. The van der Waals surface area contributed by atoms with Gasteiger partial charge in [0.15, 0.2) is 9.84 Å². The summed E-state index contributed by atoms with van der Waals surface area (Å²) in [6.07, 6.45) is 3.02. The third-order valence-electron chi connectivity index (χ3n) is 2.24. The van der Waals surface area contributed by atoms with E-state index < -0.39 is 9.84 Å². The van der Waals surface area contributed by atoms with Crippen molar-refractivity contribution < 1.29 is 8.42 Å². The molecule has 84 valence electrons. The molecule has 1 aromatic carbocycles. The average Bonchev–Trinajstić information content (AvgIpc) is 2.14. The molecule has 4 heteroatoms. The second kappa shape index (κ2) is 4.77. The van der Waals surface area contributed by atoms with Gasteiger partial charge in [-0.25, -0.2) is 8.42 Å². The van der Waals surface area contributed by atoms with Gasteiger partial charge in [-0.3, -0.25) is 0 Å². The van der Waals surface area contributed by atoms with E-state index in [2.05, 4.69) is 0 Å². The van der Waals surface area contributed by atoms with E-state index in [1.165, 1.54) is 6.26 Å². The Hall–Kier alpha value is -0.870. The molecule has 1 atom stereocenters. The van der Waals surface area contributed by atoms with Crippen LogP contribution in [0.15, 0.2) is 29.2 Å². The zero-order chi connectivity index (χ0) is 11.5. The molecule has 0 saturated heterocycles. The van der Waals surface area contributed by atoms with E-state index in [4.69, 9.17) is 5.73 Å². The van der Waals surface area contributed by atoms with E-state index in [9.17, 15) is 8.42 Å². The van der Waals surface area contributed by atoms with Gasteiger partial charge < -0.3 is 5.73 Å². The monoisotopic (exact) mass is 227 g/mol. The second-order valence-corrected chi connectivity index (χ2v) is 5.95. The molecule has 0 aliphatic rings. The van der Waals surface area contributed by atoms with Crippen LogP contribution in [0.4, 0.5) is 0 Å². The second-order valence-electron chi connectivity index (χ2n) is 3.93. The van der Waals surface area contributed by atoms with Gasteiger partial charge in [0.2, 0.25) is 0 Å². The minimum Gasteiger partial charge on any atom is -0.328 e. The first-order valence-electron chi connectivity index (χ1n) is 4.94. The Labute approximate surface area is 91.2 Å². The van der Waals surface area contributed by atoms with Gasteiger partial charge in [0.05, 0.1) is 4.90 Å². The van der Waals surface area contributed by atoms with Crippen molar-refractivity contribution in [1.82, 2.24) is 0 Å². The SMILES string of the molecule is C[C@@H](N)CCc1ccc(S(C)(=O)=O)cc1. The minimum absolute atomic E-state index is 0.180. The Bertz CT molecular complexity index is 407. The summed E-state index contributed by atoms with van der Waals surface area (Å²) in [5.41, 5.74) is 6.77. The summed E-state index contributed by atoms with van der Waals surface area (Å²) in [6, 6.07) is 7.16. The number of rotatable bonds is 4. The van der Waals surface area contributed by atoms with Crippen molar-refractivity contribution in [2.75, 3.05) is 6.26 Å². The number of nitrogens with two attached hydrogens (primary N) is 1. The summed E-state index contributed by atoms with van der Waals surface area (Å²) < 4.78 is 22.4. The molecule has 0 unspecified atom stereocenters. The van der Waals surface area contributed by atoms with E-state index >= 15 is 0 Å². The van der Waals surface area contributed by atoms with Gasteiger partial charge in [0, 0.05) is 12.3 Å². The summed E-state index contributed by atoms with van der Waals surface area (Å²) in [4.78, 5) is 0.368. The smallest absolute Gasteiger partial charge is 0.175 e. The number of benzene rings is 1. The molecule has 3 nitrogen and oxygen atoms in total. The van der Waals surface area contributed by atoms with Crippen LogP contribution in [0.2, 0.25) is 0 Å². The third kappa shape index (κ3) is 4.01. The molecule has 1 aromatic rings. The summed E-state index contributed by atoms with van der Waals surface area (Å²) in [5, 5.41) is 0.